The lowest BCUT2D eigenvalue weighted by Gasteiger charge is -2.28. The summed E-state index contributed by atoms with van der Waals surface area (Å²) < 4.78 is 34.1. The Morgan fingerprint density at radius 1 is 1.10 bits per heavy atom. The molecular weight excluding hydrogens is 394 g/mol. The summed E-state index contributed by atoms with van der Waals surface area (Å²) in [5.74, 6) is -0.578. The number of sulfone groups is 1. The van der Waals surface area contributed by atoms with Gasteiger partial charge in [0.15, 0.2) is 16.4 Å². The summed E-state index contributed by atoms with van der Waals surface area (Å²) in [4.78, 5) is 26.6. The molecule has 1 atom stereocenters. The van der Waals surface area contributed by atoms with E-state index in [2.05, 4.69) is 0 Å². The average Bonchev–Trinajstić information content (AvgIpc) is 3.10. The molecule has 1 fully saturated rings. The molecule has 29 heavy (non-hydrogen) atoms. The Balaban J connectivity index is 1.69. The maximum absolute atomic E-state index is 12.8. The largest absolute Gasteiger partial charge is 0.497 e. The third-order valence-electron chi connectivity index (χ3n) is 4.80. The number of methoxy groups -OCH3 is 1. The first-order valence-corrected chi connectivity index (χ1v) is 11.0. The molecule has 0 saturated carbocycles. The molecule has 0 aromatic heterocycles. The standard InChI is InChI=1S/C21H23NO6S/c1-27-19-9-5-8-17(12-19)21(24)28-14-20(23)22(13-16-6-3-2-4-7-16)18-10-11-29(25,26)15-18/h2-9,12,18H,10-11,13-15H2,1H3/t18-/m0/s1. The van der Waals surface area contributed by atoms with Crippen molar-refractivity contribution >= 4 is 21.7 Å². The van der Waals surface area contributed by atoms with Gasteiger partial charge in [-0.25, -0.2) is 13.2 Å². The monoisotopic (exact) mass is 417 g/mol. The molecule has 7 nitrogen and oxygen atoms in total. The smallest absolute Gasteiger partial charge is 0.338 e. The Labute approximate surface area is 170 Å². The number of carbonyl (C=O) groups is 2. The van der Waals surface area contributed by atoms with Crippen LogP contribution in [0, 0.1) is 0 Å². The number of rotatable bonds is 7. The molecule has 0 unspecified atom stereocenters. The first-order chi connectivity index (χ1) is 13.9. The molecule has 1 saturated heterocycles. The highest BCUT2D eigenvalue weighted by atomic mass is 32.2. The van der Waals surface area contributed by atoms with Gasteiger partial charge in [-0.1, -0.05) is 36.4 Å². The zero-order valence-electron chi connectivity index (χ0n) is 16.1. The lowest BCUT2D eigenvalue weighted by molar-refractivity contribution is -0.137. The van der Waals surface area contributed by atoms with Gasteiger partial charge in [0.05, 0.1) is 24.2 Å². The van der Waals surface area contributed by atoms with Gasteiger partial charge in [0.1, 0.15) is 5.75 Å². The average molecular weight is 417 g/mol. The van der Waals surface area contributed by atoms with Crippen molar-refractivity contribution in [3.63, 3.8) is 0 Å². The Morgan fingerprint density at radius 3 is 2.52 bits per heavy atom. The second-order valence-corrected chi connectivity index (χ2v) is 9.10. The second kappa shape index (κ2) is 9.09. The van der Waals surface area contributed by atoms with Crippen molar-refractivity contribution in [2.45, 2.75) is 19.0 Å². The van der Waals surface area contributed by atoms with E-state index in [-0.39, 0.29) is 23.6 Å². The topological polar surface area (TPSA) is 90.0 Å². The molecule has 0 aliphatic carbocycles. The summed E-state index contributed by atoms with van der Waals surface area (Å²) in [7, 11) is -1.67. The van der Waals surface area contributed by atoms with E-state index >= 15 is 0 Å². The molecule has 0 bridgehead atoms. The quantitative estimate of drug-likeness (QED) is 0.641. The normalized spacial score (nSPS) is 17.5. The molecule has 0 radical (unpaired) electrons. The van der Waals surface area contributed by atoms with Gasteiger partial charge in [-0.3, -0.25) is 4.79 Å². The van der Waals surface area contributed by atoms with Crippen LogP contribution in [0.1, 0.15) is 22.3 Å². The Kier molecular flexibility index (Phi) is 6.53. The van der Waals surface area contributed by atoms with E-state index in [0.29, 0.717) is 12.2 Å². The van der Waals surface area contributed by atoms with Gasteiger partial charge < -0.3 is 14.4 Å². The molecule has 1 amide bonds. The van der Waals surface area contributed by atoms with Crippen molar-refractivity contribution in [3.8, 4) is 5.75 Å². The summed E-state index contributed by atoms with van der Waals surface area (Å²) in [6.45, 7) is -0.198. The van der Waals surface area contributed by atoms with Crippen LogP contribution in [0.5, 0.6) is 5.75 Å². The molecule has 8 heteroatoms. The summed E-state index contributed by atoms with van der Waals surface area (Å²) in [6, 6.07) is 15.3. The lowest BCUT2D eigenvalue weighted by atomic mass is 10.1. The van der Waals surface area contributed by atoms with Crippen LogP contribution in [-0.2, 0) is 25.9 Å². The van der Waals surface area contributed by atoms with E-state index in [0.717, 1.165) is 5.56 Å². The minimum Gasteiger partial charge on any atom is -0.497 e. The fourth-order valence-electron chi connectivity index (χ4n) is 3.27. The highest BCUT2D eigenvalue weighted by Gasteiger charge is 2.35. The van der Waals surface area contributed by atoms with Gasteiger partial charge in [0, 0.05) is 12.6 Å². The predicted molar refractivity (Wildman–Crippen MR) is 107 cm³/mol. The third-order valence-corrected chi connectivity index (χ3v) is 6.55. The lowest BCUT2D eigenvalue weighted by Crippen LogP contribution is -2.42. The van der Waals surface area contributed by atoms with Crippen molar-refractivity contribution in [2.75, 3.05) is 25.2 Å². The molecule has 1 aliphatic heterocycles. The number of ether oxygens (including phenoxy) is 2. The summed E-state index contributed by atoms with van der Waals surface area (Å²) in [5, 5.41) is 0. The van der Waals surface area contributed by atoms with Crippen LogP contribution >= 0.6 is 0 Å². The van der Waals surface area contributed by atoms with E-state index in [1.165, 1.54) is 18.1 Å². The van der Waals surface area contributed by atoms with Crippen LogP contribution in [-0.4, -0.2) is 56.5 Å². The van der Waals surface area contributed by atoms with E-state index in [1.54, 1.807) is 18.2 Å². The number of hydrogen-bond acceptors (Lipinski definition) is 6. The highest BCUT2D eigenvalue weighted by molar-refractivity contribution is 7.91. The summed E-state index contributed by atoms with van der Waals surface area (Å²) in [6.07, 6.45) is 0.380. The van der Waals surface area contributed by atoms with Crippen molar-refractivity contribution in [2.24, 2.45) is 0 Å². The molecular formula is C21H23NO6S. The molecule has 1 heterocycles. The number of hydrogen-bond donors (Lipinski definition) is 0. The Morgan fingerprint density at radius 2 is 1.86 bits per heavy atom. The predicted octanol–water partition coefficient (Wildman–Crippen LogP) is 2.07. The summed E-state index contributed by atoms with van der Waals surface area (Å²) >= 11 is 0. The molecule has 2 aromatic rings. The van der Waals surface area contributed by atoms with Crippen LogP contribution in [0.4, 0.5) is 0 Å². The van der Waals surface area contributed by atoms with Crippen LogP contribution < -0.4 is 4.74 Å². The molecule has 154 valence electrons. The SMILES string of the molecule is COc1cccc(C(=O)OCC(=O)N(Cc2ccccc2)[C@H]2CCS(=O)(=O)C2)c1. The van der Waals surface area contributed by atoms with Crippen LogP contribution in [0.2, 0.25) is 0 Å². The first-order valence-electron chi connectivity index (χ1n) is 9.23. The molecule has 0 spiro atoms. The van der Waals surface area contributed by atoms with E-state index in [1.807, 2.05) is 30.3 Å². The number of benzene rings is 2. The van der Waals surface area contributed by atoms with Crippen LogP contribution in [0.15, 0.2) is 54.6 Å². The number of carbonyl (C=O) groups excluding carboxylic acids is 2. The number of esters is 1. The molecule has 0 N–H and O–H groups in total. The van der Waals surface area contributed by atoms with Gasteiger partial charge >= 0.3 is 5.97 Å². The van der Waals surface area contributed by atoms with Crippen molar-refractivity contribution in [1.29, 1.82) is 0 Å². The van der Waals surface area contributed by atoms with E-state index in [4.69, 9.17) is 9.47 Å². The fourth-order valence-corrected chi connectivity index (χ4v) is 5.00. The minimum atomic E-state index is -3.16. The molecule has 1 aliphatic rings. The first kappa shape index (κ1) is 20.9. The zero-order chi connectivity index (χ0) is 20.9. The fraction of sp³-hybridized carbons (Fsp3) is 0.333. The summed E-state index contributed by atoms with van der Waals surface area (Å²) in [5.41, 5.74) is 1.15. The van der Waals surface area contributed by atoms with Gasteiger partial charge in [0.2, 0.25) is 0 Å². The zero-order valence-corrected chi connectivity index (χ0v) is 16.9. The minimum absolute atomic E-state index is 0.0554. The second-order valence-electron chi connectivity index (χ2n) is 6.87. The van der Waals surface area contributed by atoms with Gasteiger partial charge in [-0.05, 0) is 30.2 Å². The molecule has 3 rings (SSSR count). The van der Waals surface area contributed by atoms with Gasteiger partial charge in [-0.15, -0.1) is 0 Å². The van der Waals surface area contributed by atoms with Crippen molar-refractivity contribution < 1.29 is 27.5 Å². The van der Waals surface area contributed by atoms with Crippen LogP contribution in [0.3, 0.4) is 0 Å². The van der Waals surface area contributed by atoms with Crippen molar-refractivity contribution in [1.82, 2.24) is 4.90 Å². The van der Waals surface area contributed by atoms with Crippen LogP contribution in [0.25, 0.3) is 0 Å². The van der Waals surface area contributed by atoms with E-state index in [9.17, 15) is 18.0 Å². The molecule has 2 aromatic carbocycles. The number of amides is 1. The van der Waals surface area contributed by atoms with Gasteiger partial charge in [-0.2, -0.15) is 0 Å². The Hall–Kier alpha value is -2.87. The Bertz CT molecular complexity index is 974. The van der Waals surface area contributed by atoms with E-state index < -0.39 is 34.4 Å². The maximum Gasteiger partial charge on any atom is 0.338 e. The maximum atomic E-state index is 12.8. The number of nitrogens with zero attached hydrogens (tertiary/aromatic N) is 1. The van der Waals surface area contributed by atoms with Gasteiger partial charge in [0.25, 0.3) is 5.91 Å². The van der Waals surface area contributed by atoms with Crippen molar-refractivity contribution in [3.05, 3.63) is 65.7 Å². The third kappa shape index (κ3) is 5.57. The highest BCUT2D eigenvalue weighted by Crippen LogP contribution is 2.21.